The zero-order chi connectivity index (χ0) is 10.7. The van der Waals surface area contributed by atoms with Crippen LogP contribution in [0.4, 0.5) is 0 Å². The molecule has 0 aliphatic carbocycles. The van der Waals surface area contributed by atoms with Gasteiger partial charge in [0.25, 0.3) is 0 Å². The van der Waals surface area contributed by atoms with E-state index >= 15 is 0 Å². The first-order chi connectivity index (χ1) is 7.31. The fraction of sp³-hybridized carbons (Fsp3) is 0.538. The molecule has 0 fully saturated rings. The number of rotatable bonds is 4. The molecule has 1 aliphatic heterocycles. The highest BCUT2D eigenvalue weighted by molar-refractivity contribution is 5.34. The standard InChI is InChI=1S/C13H19NO/c1-2-3-4-13(14)10-5-6-11-8-15-9-12(11)7-10/h5-7,13H,2-4,8-9,14H2,1H3. The first-order valence-corrected chi connectivity index (χ1v) is 5.76. The van der Waals surface area contributed by atoms with Crippen LogP contribution in [0.25, 0.3) is 0 Å². The van der Waals surface area contributed by atoms with Crippen LogP contribution in [0.2, 0.25) is 0 Å². The monoisotopic (exact) mass is 205 g/mol. The summed E-state index contributed by atoms with van der Waals surface area (Å²) in [5.41, 5.74) is 10.0. The molecule has 0 bridgehead atoms. The Morgan fingerprint density at radius 3 is 2.93 bits per heavy atom. The third kappa shape index (κ3) is 2.39. The quantitative estimate of drug-likeness (QED) is 0.820. The van der Waals surface area contributed by atoms with Crippen LogP contribution in [0.3, 0.4) is 0 Å². The normalized spacial score (nSPS) is 16.4. The summed E-state index contributed by atoms with van der Waals surface area (Å²) in [5, 5.41) is 0. The SMILES string of the molecule is CCCCC(N)c1ccc2c(c1)COC2. The van der Waals surface area contributed by atoms with E-state index in [0.717, 1.165) is 19.6 Å². The van der Waals surface area contributed by atoms with E-state index in [0.29, 0.717) is 0 Å². The number of hydrogen-bond donors (Lipinski definition) is 1. The van der Waals surface area contributed by atoms with Crippen LogP contribution in [-0.2, 0) is 18.0 Å². The molecule has 1 aliphatic rings. The molecule has 2 rings (SSSR count). The van der Waals surface area contributed by atoms with Crippen molar-refractivity contribution in [3.63, 3.8) is 0 Å². The van der Waals surface area contributed by atoms with Crippen LogP contribution in [0.15, 0.2) is 18.2 Å². The van der Waals surface area contributed by atoms with E-state index in [1.54, 1.807) is 0 Å². The fourth-order valence-electron chi connectivity index (χ4n) is 2.01. The van der Waals surface area contributed by atoms with Gasteiger partial charge >= 0.3 is 0 Å². The van der Waals surface area contributed by atoms with Crippen LogP contribution in [0.1, 0.15) is 48.9 Å². The molecule has 2 N–H and O–H groups in total. The van der Waals surface area contributed by atoms with Gasteiger partial charge in [-0.3, -0.25) is 0 Å². The molecule has 82 valence electrons. The molecule has 0 aromatic heterocycles. The van der Waals surface area contributed by atoms with Gasteiger partial charge in [0.15, 0.2) is 0 Å². The van der Waals surface area contributed by atoms with Gasteiger partial charge < -0.3 is 10.5 Å². The summed E-state index contributed by atoms with van der Waals surface area (Å²) < 4.78 is 5.39. The van der Waals surface area contributed by atoms with E-state index in [1.165, 1.54) is 29.5 Å². The van der Waals surface area contributed by atoms with Gasteiger partial charge in [0.1, 0.15) is 0 Å². The molecule has 0 amide bonds. The number of unbranched alkanes of at least 4 members (excludes halogenated alkanes) is 1. The van der Waals surface area contributed by atoms with Gasteiger partial charge in [-0.15, -0.1) is 0 Å². The highest BCUT2D eigenvalue weighted by atomic mass is 16.5. The summed E-state index contributed by atoms with van der Waals surface area (Å²) in [4.78, 5) is 0. The van der Waals surface area contributed by atoms with Crippen LogP contribution in [-0.4, -0.2) is 0 Å². The number of fused-ring (bicyclic) bond motifs is 1. The summed E-state index contributed by atoms with van der Waals surface area (Å²) in [6.45, 7) is 3.72. The topological polar surface area (TPSA) is 35.2 Å². The van der Waals surface area contributed by atoms with Crippen LogP contribution >= 0.6 is 0 Å². The Labute approximate surface area is 91.4 Å². The molecule has 0 spiro atoms. The minimum atomic E-state index is 0.191. The molecule has 1 aromatic rings. The Bertz CT molecular complexity index is 335. The molecular weight excluding hydrogens is 186 g/mol. The third-order valence-electron chi connectivity index (χ3n) is 3.04. The van der Waals surface area contributed by atoms with Crippen molar-refractivity contribution in [3.05, 3.63) is 34.9 Å². The molecule has 2 nitrogen and oxygen atoms in total. The van der Waals surface area contributed by atoms with Crippen LogP contribution < -0.4 is 5.73 Å². The van der Waals surface area contributed by atoms with Crippen molar-refractivity contribution in [2.75, 3.05) is 0 Å². The summed E-state index contributed by atoms with van der Waals surface area (Å²) in [6, 6.07) is 6.70. The Balaban J connectivity index is 2.08. The Kier molecular flexibility index (Phi) is 3.39. The van der Waals surface area contributed by atoms with Crippen molar-refractivity contribution >= 4 is 0 Å². The average Bonchev–Trinajstić information content (AvgIpc) is 2.72. The predicted octanol–water partition coefficient (Wildman–Crippen LogP) is 2.91. The van der Waals surface area contributed by atoms with E-state index < -0.39 is 0 Å². The maximum Gasteiger partial charge on any atom is 0.0725 e. The van der Waals surface area contributed by atoms with E-state index in [9.17, 15) is 0 Å². The number of nitrogens with two attached hydrogens (primary N) is 1. The second-order valence-corrected chi connectivity index (χ2v) is 4.27. The largest absolute Gasteiger partial charge is 0.372 e. The van der Waals surface area contributed by atoms with Crippen molar-refractivity contribution in [2.45, 2.75) is 45.4 Å². The highest BCUT2D eigenvalue weighted by Crippen LogP contribution is 2.24. The lowest BCUT2D eigenvalue weighted by Gasteiger charge is -2.12. The summed E-state index contributed by atoms with van der Waals surface area (Å²) >= 11 is 0. The zero-order valence-electron chi connectivity index (χ0n) is 9.33. The number of ether oxygens (including phenoxy) is 1. The summed E-state index contributed by atoms with van der Waals surface area (Å²) in [7, 11) is 0. The lowest BCUT2D eigenvalue weighted by Crippen LogP contribution is -2.10. The number of benzene rings is 1. The molecule has 2 heteroatoms. The second kappa shape index (κ2) is 4.77. The number of hydrogen-bond acceptors (Lipinski definition) is 2. The minimum absolute atomic E-state index is 0.191. The van der Waals surface area contributed by atoms with Crippen molar-refractivity contribution in [1.82, 2.24) is 0 Å². The zero-order valence-corrected chi connectivity index (χ0v) is 9.33. The molecule has 1 unspecified atom stereocenters. The van der Waals surface area contributed by atoms with Crippen LogP contribution in [0, 0.1) is 0 Å². The second-order valence-electron chi connectivity index (χ2n) is 4.27. The first kappa shape index (κ1) is 10.7. The Hall–Kier alpha value is -0.860. The van der Waals surface area contributed by atoms with Crippen LogP contribution in [0.5, 0.6) is 0 Å². The average molecular weight is 205 g/mol. The molecule has 1 atom stereocenters. The van der Waals surface area contributed by atoms with E-state index in [2.05, 4.69) is 25.1 Å². The van der Waals surface area contributed by atoms with Gasteiger partial charge in [-0.2, -0.15) is 0 Å². The maximum atomic E-state index is 6.13. The molecule has 0 saturated heterocycles. The third-order valence-corrected chi connectivity index (χ3v) is 3.04. The van der Waals surface area contributed by atoms with E-state index in [1.807, 2.05) is 0 Å². The van der Waals surface area contributed by atoms with Gasteiger partial charge in [-0.05, 0) is 23.1 Å². The Morgan fingerprint density at radius 2 is 2.13 bits per heavy atom. The van der Waals surface area contributed by atoms with E-state index in [-0.39, 0.29) is 6.04 Å². The molecule has 1 heterocycles. The van der Waals surface area contributed by atoms with Crippen molar-refractivity contribution in [3.8, 4) is 0 Å². The van der Waals surface area contributed by atoms with Gasteiger partial charge in [-0.25, -0.2) is 0 Å². The molecule has 0 radical (unpaired) electrons. The lowest BCUT2D eigenvalue weighted by molar-refractivity contribution is 0.134. The van der Waals surface area contributed by atoms with Crippen molar-refractivity contribution in [1.29, 1.82) is 0 Å². The van der Waals surface area contributed by atoms with Crippen molar-refractivity contribution in [2.24, 2.45) is 5.73 Å². The maximum absolute atomic E-state index is 6.13. The van der Waals surface area contributed by atoms with Gasteiger partial charge in [0.2, 0.25) is 0 Å². The van der Waals surface area contributed by atoms with Gasteiger partial charge in [0, 0.05) is 6.04 Å². The summed E-state index contributed by atoms with van der Waals surface area (Å²) in [6.07, 6.45) is 3.49. The summed E-state index contributed by atoms with van der Waals surface area (Å²) in [5.74, 6) is 0. The highest BCUT2D eigenvalue weighted by Gasteiger charge is 2.13. The van der Waals surface area contributed by atoms with Gasteiger partial charge in [0.05, 0.1) is 13.2 Å². The Morgan fingerprint density at radius 1 is 1.33 bits per heavy atom. The molecule has 15 heavy (non-hydrogen) atoms. The predicted molar refractivity (Wildman–Crippen MR) is 61.4 cm³/mol. The molecular formula is C13H19NO. The first-order valence-electron chi connectivity index (χ1n) is 5.76. The minimum Gasteiger partial charge on any atom is -0.372 e. The van der Waals surface area contributed by atoms with Gasteiger partial charge in [-0.1, -0.05) is 38.0 Å². The molecule has 1 aromatic carbocycles. The lowest BCUT2D eigenvalue weighted by atomic mass is 9.98. The smallest absolute Gasteiger partial charge is 0.0725 e. The van der Waals surface area contributed by atoms with E-state index in [4.69, 9.17) is 10.5 Å². The van der Waals surface area contributed by atoms with Crippen molar-refractivity contribution < 1.29 is 4.74 Å². The molecule has 0 saturated carbocycles. The fourth-order valence-corrected chi connectivity index (χ4v) is 2.01.